The Morgan fingerprint density at radius 3 is 2.52 bits per heavy atom. The summed E-state index contributed by atoms with van der Waals surface area (Å²) >= 11 is 0. The van der Waals surface area contributed by atoms with Gasteiger partial charge < -0.3 is 14.7 Å². The van der Waals surface area contributed by atoms with Crippen LogP contribution < -0.4 is 4.74 Å². The van der Waals surface area contributed by atoms with Crippen molar-refractivity contribution in [1.82, 2.24) is 9.80 Å². The second kappa shape index (κ2) is 7.43. The molecular formula is C16H24N2O3. The van der Waals surface area contributed by atoms with Gasteiger partial charge in [-0.3, -0.25) is 4.90 Å². The van der Waals surface area contributed by atoms with Crippen LogP contribution in [0, 0.1) is 0 Å². The molecule has 0 radical (unpaired) electrons. The van der Waals surface area contributed by atoms with Gasteiger partial charge in [-0.2, -0.15) is 0 Å². The highest BCUT2D eigenvalue weighted by Crippen LogP contribution is 2.15. The normalized spacial score (nSPS) is 17.1. The number of carbonyl (C=O) groups is 1. The lowest BCUT2D eigenvalue weighted by Crippen LogP contribution is -2.43. The third-order valence-electron chi connectivity index (χ3n) is 4.13. The molecule has 116 valence electrons. The summed E-state index contributed by atoms with van der Waals surface area (Å²) in [5.74, 6) is -0.194. The topological polar surface area (TPSA) is 53.0 Å². The van der Waals surface area contributed by atoms with E-state index < -0.39 is 5.97 Å². The number of carboxylic acid groups (broad SMARTS) is 1. The van der Waals surface area contributed by atoms with E-state index >= 15 is 0 Å². The summed E-state index contributed by atoms with van der Waals surface area (Å²) in [4.78, 5) is 15.5. The predicted molar refractivity (Wildman–Crippen MR) is 82.0 cm³/mol. The Kier molecular flexibility index (Phi) is 5.59. The van der Waals surface area contributed by atoms with Crippen molar-refractivity contribution in [3.05, 3.63) is 29.8 Å². The van der Waals surface area contributed by atoms with Gasteiger partial charge in [0.1, 0.15) is 12.4 Å². The fourth-order valence-electron chi connectivity index (χ4n) is 2.62. The Labute approximate surface area is 126 Å². The molecule has 1 N–H and O–H groups in total. The van der Waals surface area contributed by atoms with Crippen LogP contribution in [-0.2, 0) is 0 Å². The van der Waals surface area contributed by atoms with Crippen LogP contribution >= 0.6 is 0 Å². The molecule has 0 aliphatic carbocycles. The van der Waals surface area contributed by atoms with E-state index in [1.165, 1.54) is 12.8 Å². The molecule has 1 heterocycles. The number of aromatic carboxylic acids is 1. The highest BCUT2D eigenvalue weighted by atomic mass is 16.5. The van der Waals surface area contributed by atoms with Crippen molar-refractivity contribution in [3.8, 4) is 5.75 Å². The number of hydrogen-bond acceptors (Lipinski definition) is 4. The number of nitrogens with zero attached hydrogens (tertiary/aromatic N) is 2. The maximum atomic E-state index is 10.8. The van der Waals surface area contributed by atoms with Crippen molar-refractivity contribution in [3.63, 3.8) is 0 Å². The highest BCUT2D eigenvalue weighted by molar-refractivity contribution is 5.87. The van der Waals surface area contributed by atoms with Gasteiger partial charge in [0.15, 0.2) is 0 Å². The lowest BCUT2D eigenvalue weighted by molar-refractivity contribution is 0.0697. The van der Waals surface area contributed by atoms with Crippen molar-refractivity contribution < 1.29 is 14.6 Å². The van der Waals surface area contributed by atoms with E-state index in [-0.39, 0.29) is 5.56 Å². The van der Waals surface area contributed by atoms with Gasteiger partial charge >= 0.3 is 5.97 Å². The molecule has 5 heteroatoms. The van der Waals surface area contributed by atoms with Gasteiger partial charge in [0.25, 0.3) is 0 Å². The molecule has 5 nitrogen and oxygen atoms in total. The Morgan fingerprint density at radius 1 is 1.33 bits per heavy atom. The van der Waals surface area contributed by atoms with E-state index in [2.05, 4.69) is 23.9 Å². The summed E-state index contributed by atoms with van der Waals surface area (Å²) < 4.78 is 5.68. The minimum absolute atomic E-state index is 0.283. The highest BCUT2D eigenvalue weighted by Gasteiger charge is 2.20. The number of hydrogen-bond donors (Lipinski definition) is 1. The molecule has 1 aromatic rings. The Bertz CT molecular complexity index is 453. The van der Waals surface area contributed by atoms with Gasteiger partial charge in [0, 0.05) is 12.6 Å². The first-order valence-corrected chi connectivity index (χ1v) is 7.41. The molecule has 0 spiro atoms. The van der Waals surface area contributed by atoms with Crippen LogP contribution in [0.4, 0.5) is 0 Å². The maximum absolute atomic E-state index is 10.8. The van der Waals surface area contributed by atoms with Gasteiger partial charge in [-0.05, 0) is 64.3 Å². The number of piperidine rings is 1. The monoisotopic (exact) mass is 292 g/mol. The number of likely N-dealkylation sites (N-methyl/N-ethyl adjacent to an activating group) is 1. The third-order valence-corrected chi connectivity index (χ3v) is 4.13. The van der Waals surface area contributed by atoms with E-state index in [1.54, 1.807) is 24.3 Å². The van der Waals surface area contributed by atoms with E-state index in [9.17, 15) is 4.79 Å². The zero-order valence-corrected chi connectivity index (χ0v) is 12.8. The van der Waals surface area contributed by atoms with E-state index in [0.717, 1.165) is 25.4 Å². The number of ether oxygens (including phenoxy) is 1. The van der Waals surface area contributed by atoms with Crippen LogP contribution in [0.2, 0.25) is 0 Å². The minimum atomic E-state index is -0.913. The number of benzene rings is 1. The molecule has 0 atom stereocenters. The lowest BCUT2D eigenvalue weighted by Gasteiger charge is -2.35. The van der Waals surface area contributed by atoms with Gasteiger partial charge in [-0.1, -0.05) is 0 Å². The van der Waals surface area contributed by atoms with E-state index in [0.29, 0.717) is 12.6 Å². The average Bonchev–Trinajstić information content (AvgIpc) is 2.48. The van der Waals surface area contributed by atoms with Crippen LogP contribution in [0.15, 0.2) is 24.3 Å². The molecule has 0 aromatic heterocycles. The van der Waals surface area contributed by atoms with Crippen molar-refractivity contribution in [2.24, 2.45) is 0 Å². The molecule has 1 aliphatic rings. The third kappa shape index (κ3) is 4.72. The zero-order chi connectivity index (χ0) is 15.2. The second-order valence-electron chi connectivity index (χ2n) is 5.69. The van der Waals surface area contributed by atoms with Crippen molar-refractivity contribution >= 4 is 5.97 Å². The average molecular weight is 292 g/mol. The largest absolute Gasteiger partial charge is 0.492 e. The molecule has 21 heavy (non-hydrogen) atoms. The molecule has 0 amide bonds. The maximum Gasteiger partial charge on any atom is 0.335 e. The summed E-state index contributed by atoms with van der Waals surface area (Å²) in [7, 11) is 4.31. The minimum Gasteiger partial charge on any atom is -0.492 e. The Morgan fingerprint density at radius 2 is 1.95 bits per heavy atom. The van der Waals surface area contributed by atoms with Gasteiger partial charge in [0.2, 0.25) is 0 Å². The fourth-order valence-corrected chi connectivity index (χ4v) is 2.62. The molecule has 0 unspecified atom stereocenters. The van der Waals surface area contributed by atoms with Crippen LogP contribution in [0.1, 0.15) is 23.2 Å². The molecule has 0 bridgehead atoms. The smallest absolute Gasteiger partial charge is 0.335 e. The predicted octanol–water partition coefficient (Wildman–Crippen LogP) is 1.79. The lowest BCUT2D eigenvalue weighted by atomic mass is 10.0. The Balaban J connectivity index is 1.72. The van der Waals surface area contributed by atoms with E-state index in [4.69, 9.17) is 9.84 Å². The number of rotatable bonds is 6. The molecule has 1 aromatic carbocycles. The Hall–Kier alpha value is -1.59. The summed E-state index contributed by atoms with van der Waals surface area (Å²) in [6.07, 6.45) is 2.42. The molecule has 0 saturated carbocycles. The molecule has 1 aliphatic heterocycles. The van der Waals surface area contributed by atoms with Crippen molar-refractivity contribution in [2.45, 2.75) is 18.9 Å². The standard InChI is InChI=1S/C16H24N2O3/c1-17-9-7-14(8-10-17)18(2)11-12-21-15-5-3-13(4-6-15)16(19)20/h3-6,14H,7-12H2,1-2H3,(H,19,20). The summed E-state index contributed by atoms with van der Waals surface area (Å²) in [5.41, 5.74) is 0.283. The molecule has 1 fully saturated rings. The van der Waals surface area contributed by atoms with E-state index in [1.807, 2.05) is 0 Å². The van der Waals surface area contributed by atoms with Crippen molar-refractivity contribution in [2.75, 3.05) is 40.3 Å². The second-order valence-corrected chi connectivity index (χ2v) is 5.69. The van der Waals surface area contributed by atoms with Crippen molar-refractivity contribution in [1.29, 1.82) is 0 Å². The van der Waals surface area contributed by atoms with Crippen LogP contribution in [-0.4, -0.2) is 67.3 Å². The fraction of sp³-hybridized carbons (Fsp3) is 0.562. The SMILES string of the molecule is CN1CCC(N(C)CCOc2ccc(C(=O)O)cc2)CC1. The first-order valence-electron chi connectivity index (χ1n) is 7.41. The quantitative estimate of drug-likeness (QED) is 0.866. The molecular weight excluding hydrogens is 268 g/mol. The summed E-state index contributed by atoms with van der Waals surface area (Å²) in [5, 5.41) is 8.84. The number of carboxylic acids is 1. The van der Waals surface area contributed by atoms with Crippen LogP contribution in [0.3, 0.4) is 0 Å². The summed E-state index contributed by atoms with van der Waals surface area (Å²) in [6, 6.07) is 7.19. The molecule has 1 saturated heterocycles. The molecule has 2 rings (SSSR count). The zero-order valence-electron chi connectivity index (χ0n) is 12.8. The first-order chi connectivity index (χ1) is 10.1. The van der Waals surface area contributed by atoms with Gasteiger partial charge in [-0.25, -0.2) is 4.79 Å². The van der Waals surface area contributed by atoms with Crippen LogP contribution in [0.5, 0.6) is 5.75 Å². The number of likely N-dealkylation sites (tertiary alicyclic amines) is 1. The first kappa shape index (κ1) is 15.8. The van der Waals surface area contributed by atoms with Crippen LogP contribution in [0.25, 0.3) is 0 Å². The van der Waals surface area contributed by atoms with Gasteiger partial charge in [-0.15, -0.1) is 0 Å². The van der Waals surface area contributed by atoms with Gasteiger partial charge in [0.05, 0.1) is 5.56 Å². The summed E-state index contributed by atoms with van der Waals surface area (Å²) in [6.45, 7) is 3.82.